The van der Waals surface area contributed by atoms with Gasteiger partial charge in [0.25, 0.3) is 5.91 Å². The molecule has 0 radical (unpaired) electrons. The molecule has 1 amide bonds. The van der Waals surface area contributed by atoms with Crippen molar-refractivity contribution in [3.8, 4) is 22.6 Å². The average Bonchev–Trinajstić information content (AvgIpc) is 3.02. The highest BCUT2D eigenvalue weighted by Gasteiger charge is 2.45. The van der Waals surface area contributed by atoms with Gasteiger partial charge in [-0.15, -0.1) is 0 Å². The molecule has 0 spiro atoms. The molecule has 3 aromatic rings. The zero-order chi connectivity index (χ0) is 19.7. The summed E-state index contributed by atoms with van der Waals surface area (Å²) < 4.78 is 0. The minimum Gasteiger partial charge on any atom is -0.375 e. The Bertz CT molecular complexity index is 1040. The zero-order valence-electron chi connectivity index (χ0n) is 15.7. The largest absolute Gasteiger partial charge is 0.375 e. The first kappa shape index (κ1) is 18.6. The lowest BCUT2D eigenvalue weighted by Crippen LogP contribution is -2.36. The number of amides is 1. The highest BCUT2D eigenvalue weighted by atomic mass is 32.2. The normalized spacial score (nSPS) is 19.2. The third-order valence-electron chi connectivity index (χ3n) is 4.97. The minimum absolute atomic E-state index is 0.267. The van der Waals surface area contributed by atoms with Crippen LogP contribution in [-0.4, -0.2) is 50.7 Å². The molecule has 0 bridgehead atoms. The summed E-state index contributed by atoms with van der Waals surface area (Å²) in [7, 11) is 1.71. The number of likely N-dealkylation sites (N-methyl/N-ethyl adjacent to an activating group) is 1. The van der Waals surface area contributed by atoms with Crippen LogP contribution in [-0.2, 0) is 10.4 Å². The van der Waals surface area contributed by atoms with Crippen molar-refractivity contribution in [1.82, 2.24) is 19.9 Å². The van der Waals surface area contributed by atoms with Gasteiger partial charge in [-0.1, -0.05) is 36.0 Å². The minimum atomic E-state index is -1.47. The molecule has 1 N–H and O–H groups in total. The number of rotatable bonds is 4. The fourth-order valence-electron chi connectivity index (χ4n) is 3.38. The molecule has 1 atom stereocenters. The van der Waals surface area contributed by atoms with E-state index in [1.807, 2.05) is 48.7 Å². The number of hydrogen-bond donors (Lipinski definition) is 1. The van der Waals surface area contributed by atoms with Gasteiger partial charge in [0.2, 0.25) is 0 Å². The van der Waals surface area contributed by atoms with Crippen LogP contribution in [0.3, 0.4) is 0 Å². The maximum Gasteiger partial charge on any atom is 0.258 e. The third-order valence-corrected chi connectivity index (χ3v) is 5.53. The third kappa shape index (κ3) is 3.27. The molecule has 1 saturated heterocycles. The molecule has 0 saturated carbocycles. The number of aliphatic hydroxyl groups is 1. The fourth-order valence-corrected chi connectivity index (χ4v) is 3.73. The smallest absolute Gasteiger partial charge is 0.258 e. The molecule has 28 heavy (non-hydrogen) atoms. The van der Waals surface area contributed by atoms with E-state index in [0.717, 1.165) is 22.6 Å². The Labute approximate surface area is 167 Å². The van der Waals surface area contributed by atoms with Gasteiger partial charge in [-0.05, 0) is 36.1 Å². The van der Waals surface area contributed by atoms with Crippen molar-refractivity contribution in [3.05, 3.63) is 60.3 Å². The van der Waals surface area contributed by atoms with Crippen LogP contribution in [0.1, 0.15) is 12.0 Å². The van der Waals surface area contributed by atoms with E-state index >= 15 is 0 Å². The summed E-state index contributed by atoms with van der Waals surface area (Å²) in [6.07, 6.45) is 4.04. The number of thioether (sulfide) groups is 1. The van der Waals surface area contributed by atoms with Crippen LogP contribution in [0, 0.1) is 0 Å². The highest BCUT2D eigenvalue weighted by Crippen LogP contribution is 2.34. The van der Waals surface area contributed by atoms with E-state index in [-0.39, 0.29) is 5.91 Å². The highest BCUT2D eigenvalue weighted by molar-refractivity contribution is 7.98. The van der Waals surface area contributed by atoms with Crippen molar-refractivity contribution in [2.45, 2.75) is 17.2 Å². The number of carbonyl (C=O) groups excluding carboxylic acids is 1. The van der Waals surface area contributed by atoms with Gasteiger partial charge in [0.15, 0.2) is 10.8 Å². The standard InChI is InChI=1S/C21H20N4O2S/c1-25-12-10-21(27,19(25)26)15-6-3-5-14(13-15)16-7-4-8-17(23-16)18-9-11-22-20(24-18)28-2/h3-9,11,13,27H,10,12H2,1-2H3/t21-/m1/s1. The summed E-state index contributed by atoms with van der Waals surface area (Å²) in [6.45, 7) is 0.540. The molecular weight excluding hydrogens is 372 g/mol. The number of hydrogen-bond acceptors (Lipinski definition) is 6. The lowest BCUT2D eigenvalue weighted by atomic mass is 9.90. The maximum absolute atomic E-state index is 12.4. The van der Waals surface area contributed by atoms with Crippen LogP contribution in [0.25, 0.3) is 22.6 Å². The molecule has 3 heterocycles. The molecule has 142 valence electrons. The summed E-state index contributed by atoms with van der Waals surface area (Å²) in [5, 5.41) is 11.6. The van der Waals surface area contributed by atoms with Gasteiger partial charge in [-0.25, -0.2) is 15.0 Å². The average molecular weight is 392 g/mol. The molecular formula is C21H20N4O2S. The lowest BCUT2D eigenvalue weighted by molar-refractivity contribution is -0.143. The van der Waals surface area contributed by atoms with Gasteiger partial charge in [0.1, 0.15) is 0 Å². The second kappa shape index (κ2) is 7.33. The van der Waals surface area contributed by atoms with Gasteiger partial charge in [0, 0.05) is 31.8 Å². The first-order valence-electron chi connectivity index (χ1n) is 8.94. The summed E-state index contributed by atoms with van der Waals surface area (Å²) in [5.74, 6) is -0.267. The van der Waals surface area contributed by atoms with Gasteiger partial charge >= 0.3 is 0 Å². The van der Waals surface area contributed by atoms with Crippen molar-refractivity contribution >= 4 is 17.7 Å². The van der Waals surface area contributed by atoms with Crippen molar-refractivity contribution in [2.75, 3.05) is 19.8 Å². The number of carbonyl (C=O) groups is 1. The molecule has 1 fully saturated rings. The molecule has 0 unspecified atom stereocenters. The predicted molar refractivity (Wildman–Crippen MR) is 109 cm³/mol. The van der Waals surface area contributed by atoms with Gasteiger partial charge in [-0.3, -0.25) is 4.79 Å². The van der Waals surface area contributed by atoms with Crippen LogP contribution in [0.15, 0.2) is 59.9 Å². The predicted octanol–water partition coefficient (Wildman–Crippen LogP) is 2.98. The molecule has 4 rings (SSSR count). The van der Waals surface area contributed by atoms with Crippen LogP contribution >= 0.6 is 11.8 Å². The summed E-state index contributed by atoms with van der Waals surface area (Å²) in [6, 6.07) is 15.0. The molecule has 2 aromatic heterocycles. The number of benzene rings is 1. The monoisotopic (exact) mass is 392 g/mol. The summed E-state index contributed by atoms with van der Waals surface area (Å²) in [5.41, 5.74) is 2.22. The van der Waals surface area contributed by atoms with E-state index in [2.05, 4.69) is 9.97 Å². The molecule has 1 aromatic carbocycles. The van der Waals surface area contributed by atoms with Crippen LogP contribution < -0.4 is 0 Å². The van der Waals surface area contributed by atoms with E-state index in [1.165, 1.54) is 11.8 Å². The van der Waals surface area contributed by atoms with Crippen LogP contribution in [0.4, 0.5) is 0 Å². The van der Waals surface area contributed by atoms with Crippen molar-refractivity contribution < 1.29 is 9.90 Å². The SMILES string of the molecule is CSc1nccc(-c2cccc(-c3cccc([C@]4(O)CCN(C)C4=O)c3)n2)n1. The quantitative estimate of drug-likeness (QED) is 0.543. The second-order valence-electron chi connectivity index (χ2n) is 6.75. The van der Waals surface area contributed by atoms with Crippen molar-refractivity contribution in [2.24, 2.45) is 0 Å². The van der Waals surface area contributed by atoms with E-state index in [9.17, 15) is 9.90 Å². The first-order chi connectivity index (χ1) is 13.5. The van der Waals surface area contributed by atoms with Crippen molar-refractivity contribution in [3.63, 3.8) is 0 Å². The molecule has 1 aliphatic rings. The Morgan fingerprint density at radius 2 is 1.82 bits per heavy atom. The number of pyridine rings is 1. The summed E-state index contributed by atoms with van der Waals surface area (Å²) in [4.78, 5) is 27.4. The van der Waals surface area contributed by atoms with Gasteiger partial charge in [0.05, 0.1) is 17.1 Å². The van der Waals surface area contributed by atoms with Crippen LogP contribution in [0.2, 0.25) is 0 Å². The number of likely N-dealkylation sites (tertiary alicyclic amines) is 1. The fraction of sp³-hybridized carbons (Fsp3) is 0.238. The van der Waals surface area contributed by atoms with E-state index in [4.69, 9.17) is 4.98 Å². The van der Waals surface area contributed by atoms with Gasteiger partial charge < -0.3 is 10.0 Å². The molecule has 1 aliphatic heterocycles. The molecule has 0 aliphatic carbocycles. The number of nitrogens with zero attached hydrogens (tertiary/aromatic N) is 4. The van der Waals surface area contributed by atoms with E-state index in [0.29, 0.717) is 23.7 Å². The summed E-state index contributed by atoms with van der Waals surface area (Å²) >= 11 is 1.48. The second-order valence-corrected chi connectivity index (χ2v) is 7.53. The lowest BCUT2D eigenvalue weighted by Gasteiger charge is -2.21. The zero-order valence-corrected chi connectivity index (χ0v) is 16.5. The van der Waals surface area contributed by atoms with E-state index < -0.39 is 5.60 Å². The Hall–Kier alpha value is -2.77. The van der Waals surface area contributed by atoms with E-state index in [1.54, 1.807) is 24.2 Å². The first-order valence-corrected chi connectivity index (χ1v) is 10.2. The topological polar surface area (TPSA) is 79.2 Å². The number of aromatic nitrogens is 3. The maximum atomic E-state index is 12.4. The Balaban J connectivity index is 1.72. The Morgan fingerprint density at radius 1 is 1.07 bits per heavy atom. The van der Waals surface area contributed by atoms with Crippen LogP contribution in [0.5, 0.6) is 0 Å². The van der Waals surface area contributed by atoms with Crippen molar-refractivity contribution in [1.29, 1.82) is 0 Å². The molecule has 7 heteroatoms. The Morgan fingerprint density at radius 3 is 2.57 bits per heavy atom. The van der Waals surface area contributed by atoms with Gasteiger partial charge in [-0.2, -0.15) is 0 Å². The molecule has 6 nitrogen and oxygen atoms in total. The Kier molecular flexibility index (Phi) is 4.87.